The highest BCUT2D eigenvalue weighted by Crippen LogP contribution is 2.38. The van der Waals surface area contributed by atoms with Crippen molar-refractivity contribution in [3.05, 3.63) is 68.2 Å². The van der Waals surface area contributed by atoms with Crippen molar-refractivity contribution in [1.82, 2.24) is 14.3 Å². The fourth-order valence-electron chi connectivity index (χ4n) is 2.66. The van der Waals surface area contributed by atoms with E-state index >= 15 is 0 Å². The summed E-state index contributed by atoms with van der Waals surface area (Å²) in [6, 6.07) is 10.5. The molecular formula is C18H17Cl2N3O2. The first-order chi connectivity index (χ1) is 11.9. The first-order valence-corrected chi connectivity index (χ1v) is 8.56. The van der Waals surface area contributed by atoms with E-state index in [1.807, 2.05) is 32.9 Å². The molecule has 0 spiro atoms. The van der Waals surface area contributed by atoms with Crippen LogP contribution in [0, 0.1) is 13.8 Å². The Morgan fingerprint density at radius 3 is 2.20 bits per heavy atom. The van der Waals surface area contributed by atoms with E-state index in [1.165, 1.54) is 16.8 Å². The standard InChI is InChI=1S/C18H17Cl2N3O2/c1-4-22-17(24)8-7-16(21-22)25-18-14(19)9-13(10-15(18)20)23-11(2)5-6-12(23)3/h5-10H,4H2,1-3H3. The Bertz CT molecular complexity index is 950. The average Bonchev–Trinajstić information content (AvgIpc) is 2.91. The van der Waals surface area contributed by atoms with Crippen LogP contribution in [0.1, 0.15) is 18.3 Å². The molecule has 0 bridgehead atoms. The zero-order valence-corrected chi connectivity index (χ0v) is 15.6. The van der Waals surface area contributed by atoms with Crippen LogP contribution in [-0.4, -0.2) is 14.3 Å². The summed E-state index contributed by atoms with van der Waals surface area (Å²) >= 11 is 12.8. The van der Waals surface area contributed by atoms with Crippen LogP contribution in [0.15, 0.2) is 41.2 Å². The van der Waals surface area contributed by atoms with Crippen molar-refractivity contribution in [2.75, 3.05) is 0 Å². The second kappa shape index (κ2) is 6.94. The predicted molar refractivity (Wildman–Crippen MR) is 99.5 cm³/mol. The third kappa shape index (κ3) is 3.43. The summed E-state index contributed by atoms with van der Waals surface area (Å²) in [5.41, 5.74) is 2.82. The molecule has 0 aliphatic carbocycles. The Balaban J connectivity index is 2.00. The normalized spacial score (nSPS) is 10.9. The van der Waals surface area contributed by atoms with E-state index in [2.05, 4.69) is 9.67 Å². The van der Waals surface area contributed by atoms with Crippen molar-refractivity contribution < 1.29 is 4.74 Å². The molecule has 0 saturated carbocycles. The SMILES string of the molecule is CCn1nc(Oc2c(Cl)cc(-n3c(C)ccc3C)cc2Cl)ccc1=O. The lowest BCUT2D eigenvalue weighted by molar-refractivity contribution is 0.432. The maximum atomic E-state index is 11.6. The number of aryl methyl sites for hydroxylation is 3. The van der Waals surface area contributed by atoms with Gasteiger partial charge in [0, 0.05) is 35.8 Å². The minimum Gasteiger partial charge on any atom is -0.434 e. The van der Waals surface area contributed by atoms with E-state index in [1.54, 1.807) is 12.1 Å². The maximum Gasteiger partial charge on any atom is 0.266 e. The van der Waals surface area contributed by atoms with Crippen LogP contribution < -0.4 is 10.3 Å². The average molecular weight is 378 g/mol. The van der Waals surface area contributed by atoms with Crippen molar-refractivity contribution in [2.24, 2.45) is 0 Å². The van der Waals surface area contributed by atoms with Gasteiger partial charge in [-0.05, 0) is 45.0 Å². The number of nitrogens with zero attached hydrogens (tertiary/aromatic N) is 3. The Morgan fingerprint density at radius 1 is 1.04 bits per heavy atom. The van der Waals surface area contributed by atoms with Crippen LogP contribution >= 0.6 is 23.2 Å². The third-order valence-electron chi connectivity index (χ3n) is 3.86. The van der Waals surface area contributed by atoms with Gasteiger partial charge in [0.15, 0.2) is 5.75 Å². The fourth-order valence-corrected chi connectivity index (χ4v) is 3.22. The molecule has 0 fully saturated rings. The van der Waals surface area contributed by atoms with Crippen molar-refractivity contribution >= 4 is 23.2 Å². The minimum atomic E-state index is -0.194. The van der Waals surface area contributed by atoms with Crippen LogP contribution in [0.25, 0.3) is 5.69 Å². The minimum absolute atomic E-state index is 0.194. The maximum absolute atomic E-state index is 11.6. The van der Waals surface area contributed by atoms with Gasteiger partial charge in [-0.1, -0.05) is 23.2 Å². The molecule has 0 aliphatic rings. The lowest BCUT2D eigenvalue weighted by Gasteiger charge is -2.14. The lowest BCUT2D eigenvalue weighted by Crippen LogP contribution is -2.20. The number of halogens is 2. The molecular weight excluding hydrogens is 361 g/mol. The molecule has 0 unspecified atom stereocenters. The number of ether oxygens (including phenoxy) is 1. The topological polar surface area (TPSA) is 49.0 Å². The fraction of sp³-hybridized carbons (Fsp3) is 0.222. The third-order valence-corrected chi connectivity index (χ3v) is 4.42. The molecule has 0 amide bonds. The summed E-state index contributed by atoms with van der Waals surface area (Å²) in [5, 5.41) is 4.86. The smallest absolute Gasteiger partial charge is 0.266 e. The molecule has 2 aromatic heterocycles. The molecule has 0 radical (unpaired) electrons. The number of hydrogen-bond donors (Lipinski definition) is 0. The Kier molecular flexibility index (Phi) is 4.88. The molecule has 0 saturated heterocycles. The quantitative estimate of drug-likeness (QED) is 0.657. The van der Waals surface area contributed by atoms with Crippen molar-refractivity contribution in [2.45, 2.75) is 27.3 Å². The van der Waals surface area contributed by atoms with Crippen LogP contribution in [0.3, 0.4) is 0 Å². The molecule has 7 heteroatoms. The first kappa shape index (κ1) is 17.6. The number of rotatable bonds is 4. The summed E-state index contributed by atoms with van der Waals surface area (Å²) < 4.78 is 9.08. The van der Waals surface area contributed by atoms with Crippen LogP contribution in [-0.2, 0) is 6.54 Å². The lowest BCUT2D eigenvalue weighted by atomic mass is 10.2. The van der Waals surface area contributed by atoms with Crippen molar-refractivity contribution in [3.63, 3.8) is 0 Å². The van der Waals surface area contributed by atoms with Crippen LogP contribution in [0.4, 0.5) is 0 Å². The first-order valence-electron chi connectivity index (χ1n) is 7.81. The van der Waals surface area contributed by atoms with Gasteiger partial charge in [-0.2, -0.15) is 0 Å². The zero-order valence-electron chi connectivity index (χ0n) is 14.1. The Hall–Kier alpha value is -2.24. The van der Waals surface area contributed by atoms with Gasteiger partial charge in [0.25, 0.3) is 5.56 Å². The molecule has 5 nitrogen and oxygen atoms in total. The Labute approximate surface area is 155 Å². The molecule has 130 valence electrons. The zero-order chi connectivity index (χ0) is 18.1. The second-order valence-electron chi connectivity index (χ2n) is 5.62. The summed E-state index contributed by atoms with van der Waals surface area (Å²) in [4.78, 5) is 11.6. The summed E-state index contributed by atoms with van der Waals surface area (Å²) in [6.45, 7) is 6.30. The van der Waals surface area contributed by atoms with Crippen molar-refractivity contribution in [1.29, 1.82) is 0 Å². The highest BCUT2D eigenvalue weighted by molar-refractivity contribution is 6.37. The highest BCUT2D eigenvalue weighted by atomic mass is 35.5. The number of benzene rings is 1. The molecule has 2 heterocycles. The summed E-state index contributed by atoms with van der Waals surface area (Å²) in [6.07, 6.45) is 0. The van der Waals surface area contributed by atoms with Crippen LogP contribution in [0.2, 0.25) is 10.0 Å². The highest BCUT2D eigenvalue weighted by Gasteiger charge is 2.14. The largest absolute Gasteiger partial charge is 0.434 e. The molecule has 0 atom stereocenters. The van der Waals surface area contributed by atoms with E-state index in [9.17, 15) is 4.79 Å². The van der Waals surface area contributed by atoms with Gasteiger partial charge in [-0.3, -0.25) is 4.79 Å². The molecule has 3 aromatic rings. The monoisotopic (exact) mass is 377 g/mol. The van der Waals surface area contributed by atoms with E-state index in [0.717, 1.165) is 17.1 Å². The Morgan fingerprint density at radius 2 is 1.64 bits per heavy atom. The van der Waals surface area contributed by atoms with Gasteiger partial charge in [-0.25, -0.2) is 4.68 Å². The van der Waals surface area contributed by atoms with Gasteiger partial charge in [0.05, 0.1) is 10.0 Å². The van der Waals surface area contributed by atoms with E-state index < -0.39 is 0 Å². The molecule has 3 rings (SSSR count). The molecule has 0 N–H and O–H groups in total. The molecule has 25 heavy (non-hydrogen) atoms. The van der Waals surface area contributed by atoms with Gasteiger partial charge >= 0.3 is 0 Å². The summed E-state index contributed by atoms with van der Waals surface area (Å²) in [5.74, 6) is 0.565. The number of aromatic nitrogens is 3. The second-order valence-corrected chi connectivity index (χ2v) is 6.43. The molecule has 0 aliphatic heterocycles. The predicted octanol–water partition coefficient (Wildman–Crippen LogP) is 4.77. The van der Waals surface area contributed by atoms with Gasteiger partial charge in [-0.15, -0.1) is 5.10 Å². The number of hydrogen-bond acceptors (Lipinski definition) is 3. The van der Waals surface area contributed by atoms with Crippen LogP contribution in [0.5, 0.6) is 11.6 Å². The van der Waals surface area contributed by atoms with Gasteiger partial charge in [0.1, 0.15) is 0 Å². The van der Waals surface area contributed by atoms with Gasteiger partial charge in [0.2, 0.25) is 5.88 Å². The van der Waals surface area contributed by atoms with E-state index in [4.69, 9.17) is 27.9 Å². The summed E-state index contributed by atoms with van der Waals surface area (Å²) in [7, 11) is 0. The van der Waals surface area contributed by atoms with Gasteiger partial charge < -0.3 is 9.30 Å². The molecule has 1 aromatic carbocycles. The van der Waals surface area contributed by atoms with E-state index in [-0.39, 0.29) is 11.4 Å². The van der Waals surface area contributed by atoms with E-state index in [0.29, 0.717) is 22.3 Å². The van der Waals surface area contributed by atoms with Crippen molar-refractivity contribution in [3.8, 4) is 17.3 Å².